The summed E-state index contributed by atoms with van der Waals surface area (Å²) in [6.45, 7) is 1.11. The van der Waals surface area contributed by atoms with Crippen LogP contribution in [-0.4, -0.2) is 14.8 Å². The fourth-order valence-corrected chi connectivity index (χ4v) is 1.07. The number of hydrogen-bond acceptors (Lipinski definition) is 2. The van der Waals surface area contributed by atoms with Crippen molar-refractivity contribution in [2.45, 2.75) is 19.4 Å². The Morgan fingerprint density at radius 1 is 1.62 bits per heavy atom. The van der Waals surface area contributed by atoms with E-state index in [4.69, 9.17) is 0 Å². The van der Waals surface area contributed by atoms with Crippen molar-refractivity contribution in [3.05, 3.63) is 12.2 Å². The van der Waals surface area contributed by atoms with Crippen LogP contribution < -0.4 is 0 Å². The molecule has 0 bridgehead atoms. The lowest BCUT2D eigenvalue weighted by Gasteiger charge is -1.85. The highest BCUT2D eigenvalue weighted by Gasteiger charge is 2.09. The van der Waals surface area contributed by atoms with Crippen LogP contribution >= 0.6 is 0 Å². The highest BCUT2D eigenvalue weighted by molar-refractivity contribution is 4.90. The van der Waals surface area contributed by atoms with E-state index in [1.165, 1.54) is 6.42 Å². The number of aryl methyl sites for hydroxylation is 2. The first-order valence-corrected chi connectivity index (χ1v) is 2.83. The molecule has 8 heavy (non-hydrogen) atoms. The smallest absolute Gasteiger partial charge is 0.132 e. The largest absolute Gasteiger partial charge is 0.318 e. The minimum Gasteiger partial charge on any atom is -0.318 e. The molecular formula is C5H7N3. The molecule has 1 aliphatic heterocycles. The Kier molecular flexibility index (Phi) is 0.664. The van der Waals surface area contributed by atoms with Crippen LogP contribution in [0.5, 0.6) is 0 Å². The molecule has 0 aromatic carbocycles. The Labute approximate surface area is 47.3 Å². The summed E-state index contributed by atoms with van der Waals surface area (Å²) >= 11 is 0. The summed E-state index contributed by atoms with van der Waals surface area (Å²) in [5.74, 6) is 1.14. The third-order valence-electron chi connectivity index (χ3n) is 1.50. The van der Waals surface area contributed by atoms with Gasteiger partial charge in [-0.25, -0.2) is 0 Å². The molecule has 0 saturated carbocycles. The average molecular weight is 109 g/mol. The van der Waals surface area contributed by atoms with E-state index >= 15 is 0 Å². The van der Waals surface area contributed by atoms with E-state index in [2.05, 4.69) is 14.8 Å². The quantitative estimate of drug-likeness (QED) is 0.477. The van der Waals surface area contributed by atoms with Crippen molar-refractivity contribution in [3.8, 4) is 0 Å². The molecule has 1 aromatic heterocycles. The maximum atomic E-state index is 3.91. The van der Waals surface area contributed by atoms with Crippen LogP contribution in [0.1, 0.15) is 12.2 Å². The van der Waals surface area contributed by atoms with E-state index in [1.54, 1.807) is 6.33 Å². The molecule has 0 spiro atoms. The fraction of sp³-hybridized carbons (Fsp3) is 0.600. The normalized spacial score (nSPS) is 16.5. The fourth-order valence-electron chi connectivity index (χ4n) is 1.07. The Bertz CT molecular complexity index is 173. The van der Waals surface area contributed by atoms with Crippen molar-refractivity contribution in [3.63, 3.8) is 0 Å². The summed E-state index contributed by atoms with van der Waals surface area (Å²) in [7, 11) is 0. The Hall–Kier alpha value is -0.860. The third-order valence-corrected chi connectivity index (χ3v) is 1.50. The molecule has 0 amide bonds. The van der Waals surface area contributed by atoms with Gasteiger partial charge in [0.05, 0.1) is 0 Å². The van der Waals surface area contributed by atoms with Crippen LogP contribution in [0.15, 0.2) is 6.33 Å². The zero-order valence-electron chi connectivity index (χ0n) is 4.54. The molecular weight excluding hydrogens is 102 g/mol. The number of hydrogen-bond donors (Lipinski definition) is 0. The van der Waals surface area contributed by atoms with Gasteiger partial charge in [0.1, 0.15) is 12.2 Å². The van der Waals surface area contributed by atoms with E-state index in [-0.39, 0.29) is 0 Å². The Morgan fingerprint density at radius 3 is 3.50 bits per heavy atom. The van der Waals surface area contributed by atoms with Gasteiger partial charge in [0.15, 0.2) is 0 Å². The second-order valence-corrected chi connectivity index (χ2v) is 2.04. The van der Waals surface area contributed by atoms with Crippen molar-refractivity contribution in [2.24, 2.45) is 0 Å². The molecule has 3 nitrogen and oxygen atoms in total. The van der Waals surface area contributed by atoms with Gasteiger partial charge >= 0.3 is 0 Å². The molecule has 0 saturated heterocycles. The van der Waals surface area contributed by atoms with E-state index in [0.29, 0.717) is 0 Å². The lowest BCUT2D eigenvalue weighted by Crippen LogP contribution is -1.87. The summed E-state index contributed by atoms with van der Waals surface area (Å²) in [5, 5.41) is 7.67. The first kappa shape index (κ1) is 4.06. The van der Waals surface area contributed by atoms with Gasteiger partial charge in [-0.1, -0.05) is 0 Å². The Balaban J connectivity index is 2.54. The summed E-state index contributed by atoms with van der Waals surface area (Å²) in [6.07, 6.45) is 4.15. The highest BCUT2D eigenvalue weighted by atomic mass is 15.3. The summed E-state index contributed by atoms with van der Waals surface area (Å²) in [6, 6.07) is 0. The minimum absolute atomic E-state index is 1.11. The van der Waals surface area contributed by atoms with E-state index in [9.17, 15) is 0 Å². The van der Waals surface area contributed by atoms with Gasteiger partial charge in [0.25, 0.3) is 0 Å². The van der Waals surface area contributed by atoms with Crippen molar-refractivity contribution in [2.75, 3.05) is 0 Å². The van der Waals surface area contributed by atoms with Crippen LogP contribution in [0, 0.1) is 0 Å². The molecule has 42 valence electrons. The summed E-state index contributed by atoms with van der Waals surface area (Å²) < 4.78 is 2.10. The third kappa shape index (κ3) is 0.384. The monoisotopic (exact) mass is 109 g/mol. The molecule has 2 rings (SSSR count). The van der Waals surface area contributed by atoms with Gasteiger partial charge in [-0.15, -0.1) is 10.2 Å². The molecule has 1 aromatic rings. The number of fused-ring (bicyclic) bond motifs is 1. The zero-order valence-corrected chi connectivity index (χ0v) is 4.54. The van der Waals surface area contributed by atoms with Crippen molar-refractivity contribution < 1.29 is 0 Å². The molecule has 0 fully saturated rings. The van der Waals surface area contributed by atoms with Crippen LogP contribution in [0.25, 0.3) is 0 Å². The Morgan fingerprint density at radius 2 is 2.62 bits per heavy atom. The van der Waals surface area contributed by atoms with Gasteiger partial charge in [-0.3, -0.25) is 0 Å². The van der Waals surface area contributed by atoms with Crippen molar-refractivity contribution >= 4 is 0 Å². The van der Waals surface area contributed by atoms with Gasteiger partial charge in [-0.2, -0.15) is 0 Å². The number of aromatic nitrogens is 3. The van der Waals surface area contributed by atoms with Gasteiger partial charge in [-0.05, 0) is 6.42 Å². The number of nitrogens with zero attached hydrogens (tertiary/aromatic N) is 3. The zero-order chi connectivity index (χ0) is 5.40. The van der Waals surface area contributed by atoms with Gasteiger partial charge in [0.2, 0.25) is 0 Å². The van der Waals surface area contributed by atoms with Gasteiger partial charge in [0, 0.05) is 13.0 Å². The predicted molar refractivity (Wildman–Crippen MR) is 28.3 cm³/mol. The highest BCUT2D eigenvalue weighted by Crippen LogP contribution is 2.08. The van der Waals surface area contributed by atoms with E-state index in [0.717, 1.165) is 18.8 Å². The lowest BCUT2D eigenvalue weighted by molar-refractivity contribution is 0.741. The molecule has 0 radical (unpaired) electrons. The van der Waals surface area contributed by atoms with E-state index in [1.807, 2.05) is 0 Å². The molecule has 0 N–H and O–H groups in total. The standard InChI is InChI=1S/C5H7N3/c1-2-5-7-6-4-8(5)3-1/h4H,1-3H2. The summed E-state index contributed by atoms with van der Waals surface area (Å²) in [5.41, 5.74) is 0. The topological polar surface area (TPSA) is 30.7 Å². The first-order valence-electron chi connectivity index (χ1n) is 2.83. The molecule has 2 heterocycles. The molecule has 3 heteroatoms. The average Bonchev–Trinajstić information content (AvgIpc) is 2.15. The SMILES string of the molecule is c1nnc2n1CCC2. The van der Waals surface area contributed by atoms with Crippen LogP contribution in [0.2, 0.25) is 0 Å². The first-order chi connectivity index (χ1) is 3.97. The molecule has 1 aliphatic rings. The van der Waals surface area contributed by atoms with Crippen LogP contribution in [0.3, 0.4) is 0 Å². The molecule has 0 atom stereocenters. The second kappa shape index (κ2) is 1.31. The predicted octanol–water partition coefficient (Wildman–Crippen LogP) is 0.224. The maximum absolute atomic E-state index is 3.91. The minimum atomic E-state index is 1.11. The maximum Gasteiger partial charge on any atom is 0.132 e. The second-order valence-electron chi connectivity index (χ2n) is 2.04. The van der Waals surface area contributed by atoms with Crippen LogP contribution in [0.4, 0.5) is 0 Å². The lowest BCUT2D eigenvalue weighted by atomic mass is 10.4. The molecule has 0 aliphatic carbocycles. The van der Waals surface area contributed by atoms with Crippen molar-refractivity contribution in [1.29, 1.82) is 0 Å². The number of rotatable bonds is 0. The van der Waals surface area contributed by atoms with Crippen LogP contribution in [-0.2, 0) is 13.0 Å². The molecule has 0 unspecified atom stereocenters. The van der Waals surface area contributed by atoms with E-state index < -0.39 is 0 Å². The van der Waals surface area contributed by atoms with Gasteiger partial charge < -0.3 is 4.57 Å². The van der Waals surface area contributed by atoms with Crippen molar-refractivity contribution in [1.82, 2.24) is 14.8 Å². The summed E-state index contributed by atoms with van der Waals surface area (Å²) in [4.78, 5) is 0.